The predicted molar refractivity (Wildman–Crippen MR) is 123 cm³/mol. The van der Waals surface area contributed by atoms with E-state index in [-0.39, 0.29) is 0 Å². The van der Waals surface area contributed by atoms with Gasteiger partial charge in [0.25, 0.3) is 0 Å². The second-order valence-electron chi connectivity index (χ2n) is 7.24. The van der Waals surface area contributed by atoms with Crippen molar-refractivity contribution in [2.24, 2.45) is 10.9 Å². The van der Waals surface area contributed by atoms with E-state index in [4.69, 9.17) is 14.6 Å². The quantitative estimate of drug-likeness (QED) is 0.530. The first kappa shape index (κ1) is 21.8. The minimum absolute atomic E-state index is 0.389. The maximum absolute atomic E-state index is 12.6. The summed E-state index contributed by atoms with van der Waals surface area (Å²) in [6.45, 7) is 1.65. The lowest BCUT2D eigenvalue weighted by atomic mass is 9.87. The molecule has 2 amide bonds. The molecule has 32 heavy (non-hydrogen) atoms. The lowest BCUT2D eigenvalue weighted by Crippen LogP contribution is -2.44. The second kappa shape index (κ2) is 8.96. The minimum atomic E-state index is -0.772. The van der Waals surface area contributed by atoms with E-state index in [9.17, 15) is 9.59 Å². The van der Waals surface area contributed by atoms with Crippen LogP contribution in [0.15, 0.2) is 64.2 Å². The Hall–Kier alpha value is -3.46. The van der Waals surface area contributed by atoms with E-state index in [1.807, 2.05) is 54.7 Å². The largest absolute Gasteiger partial charge is 0.496 e. The molecule has 2 heterocycles. The Balaban J connectivity index is 1.91. The number of rotatable bonds is 5. The first-order chi connectivity index (χ1) is 15.4. The molecule has 164 valence electrons. The molecule has 2 unspecified atom stereocenters. The minimum Gasteiger partial charge on any atom is -0.496 e. The number of hydrogen-bond acceptors (Lipinski definition) is 5. The van der Waals surface area contributed by atoms with Crippen molar-refractivity contribution in [2.75, 3.05) is 14.2 Å². The normalized spacial score (nSPS) is 18.0. The van der Waals surface area contributed by atoms with Gasteiger partial charge in [0.1, 0.15) is 11.7 Å². The number of ether oxygens (including phenoxy) is 2. The molecule has 1 aliphatic rings. The SMILES string of the molecule is COC(=O)C1C(C)=NC(=O)NC1c1cn(-c2ccccc2)nc1-c1ccc(OC)c(Br)c1. The summed E-state index contributed by atoms with van der Waals surface area (Å²) in [5.74, 6) is -0.573. The van der Waals surface area contributed by atoms with Crippen LogP contribution in [0, 0.1) is 5.92 Å². The van der Waals surface area contributed by atoms with Crippen molar-refractivity contribution in [1.82, 2.24) is 15.1 Å². The Kier molecular flexibility index (Phi) is 6.09. The maximum atomic E-state index is 12.6. The van der Waals surface area contributed by atoms with E-state index >= 15 is 0 Å². The highest BCUT2D eigenvalue weighted by Crippen LogP contribution is 2.37. The number of aromatic nitrogens is 2. The zero-order valence-corrected chi connectivity index (χ0v) is 19.3. The molecule has 0 bridgehead atoms. The fraction of sp³-hybridized carbons (Fsp3) is 0.217. The number of carbonyl (C=O) groups excluding carboxylic acids is 2. The van der Waals surface area contributed by atoms with Crippen molar-refractivity contribution < 1.29 is 19.1 Å². The fourth-order valence-electron chi connectivity index (χ4n) is 3.78. The summed E-state index contributed by atoms with van der Waals surface area (Å²) < 4.78 is 12.8. The van der Waals surface area contributed by atoms with E-state index in [0.29, 0.717) is 22.7 Å². The number of benzene rings is 2. The van der Waals surface area contributed by atoms with Gasteiger partial charge >= 0.3 is 12.0 Å². The molecule has 1 N–H and O–H groups in total. The molecule has 0 saturated heterocycles. The van der Waals surface area contributed by atoms with E-state index in [0.717, 1.165) is 15.7 Å². The van der Waals surface area contributed by atoms with Crippen LogP contribution in [-0.4, -0.2) is 41.7 Å². The van der Waals surface area contributed by atoms with Crippen LogP contribution in [0.1, 0.15) is 18.5 Å². The van der Waals surface area contributed by atoms with Crippen molar-refractivity contribution in [3.63, 3.8) is 0 Å². The molecule has 1 aromatic heterocycles. The molecule has 1 aliphatic heterocycles. The van der Waals surface area contributed by atoms with Gasteiger partial charge in [0.05, 0.1) is 36.1 Å². The van der Waals surface area contributed by atoms with Gasteiger partial charge in [-0.15, -0.1) is 0 Å². The van der Waals surface area contributed by atoms with E-state index in [2.05, 4.69) is 26.2 Å². The van der Waals surface area contributed by atoms with Crippen molar-refractivity contribution in [2.45, 2.75) is 13.0 Å². The highest BCUT2D eigenvalue weighted by Gasteiger charge is 2.40. The van der Waals surface area contributed by atoms with Crippen molar-refractivity contribution in [1.29, 1.82) is 0 Å². The lowest BCUT2D eigenvalue weighted by molar-refractivity contribution is -0.143. The van der Waals surface area contributed by atoms with Gasteiger partial charge in [0.15, 0.2) is 0 Å². The van der Waals surface area contributed by atoms with Crippen LogP contribution in [0.5, 0.6) is 5.75 Å². The number of amides is 2. The average Bonchev–Trinajstić information content (AvgIpc) is 3.24. The van der Waals surface area contributed by atoms with E-state index < -0.39 is 24.0 Å². The van der Waals surface area contributed by atoms with Crippen molar-refractivity contribution in [3.8, 4) is 22.7 Å². The van der Waals surface area contributed by atoms with Crippen molar-refractivity contribution in [3.05, 3.63) is 64.8 Å². The summed E-state index contributed by atoms with van der Waals surface area (Å²) in [5, 5.41) is 7.63. The molecule has 0 saturated carbocycles. The number of nitrogens with one attached hydrogen (secondary N) is 1. The summed E-state index contributed by atoms with van der Waals surface area (Å²) in [7, 11) is 2.91. The lowest BCUT2D eigenvalue weighted by Gasteiger charge is -2.29. The first-order valence-electron chi connectivity index (χ1n) is 9.85. The number of hydrogen-bond donors (Lipinski definition) is 1. The molecule has 4 rings (SSSR count). The average molecular weight is 497 g/mol. The number of para-hydroxylation sites is 1. The monoisotopic (exact) mass is 496 g/mol. The summed E-state index contributed by atoms with van der Waals surface area (Å²) in [4.78, 5) is 28.8. The van der Waals surface area contributed by atoms with Gasteiger partial charge < -0.3 is 14.8 Å². The number of halogens is 1. The maximum Gasteiger partial charge on any atom is 0.341 e. The van der Waals surface area contributed by atoms with Crippen LogP contribution in [0.3, 0.4) is 0 Å². The predicted octanol–water partition coefficient (Wildman–Crippen LogP) is 4.32. The summed E-state index contributed by atoms with van der Waals surface area (Å²) in [5.41, 5.74) is 3.31. The Labute approximate surface area is 193 Å². The molecule has 0 fully saturated rings. The molecular formula is C23H21BrN4O4. The molecule has 0 spiro atoms. The van der Waals surface area contributed by atoms with Crippen LogP contribution in [0.4, 0.5) is 4.79 Å². The molecule has 2 atom stereocenters. The zero-order valence-electron chi connectivity index (χ0n) is 17.7. The van der Waals surface area contributed by atoms with Crippen LogP contribution >= 0.6 is 15.9 Å². The molecule has 2 aromatic carbocycles. The van der Waals surface area contributed by atoms with Gasteiger partial charge in [-0.05, 0) is 53.2 Å². The molecule has 0 aliphatic carbocycles. The van der Waals surface area contributed by atoms with Crippen LogP contribution < -0.4 is 10.1 Å². The van der Waals surface area contributed by atoms with Gasteiger partial charge in [-0.25, -0.2) is 14.5 Å². The fourth-order valence-corrected chi connectivity index (χ4v) is 4.32. The highest BCUT2D eigenvalue weighted by molar-refractivity contribution is 9.10. The summed E-state index contributed by atoms with van der Waals surface area (Å²) in [6, 6.07) is 14.0. The second-order valence-corrected chi connectivity index (χ2v) is 8.10. The molecule has 0 radical (unpaired) electrons. The van der Waals surface area contributed by atoms with Gasteiger partial charge in [0, 0.05) is 23.0 Å². The van der Waals surface area contributed by atoms with Crippen LogP contribution in [-0.2, 0) is 9.53 Å². The molecule has 8 nitrogen and oxygen atoms in total. The van der Waals surface area contributed by atoms with E-state index in [1.54, 1.807) is 18.7 Å². The Bertz CT molecular complexity index is 1210. The molecule has 3 aromatic rings. The number of aliphatic imine (C=N–C) groups is 1. The van der Waals surface area contributed by atoms with Crippen molar-refractivity contribution >= 4 is 33.6 Å². The standard InChI is InChI=1S/C23H21BrN4O4/c1-13-19(22(29)32-3)21(26-23(30)25-13)16-12-28(15-7-5-4-6-8-15)27-20(16)14-9-10-18(31-2)17(24)11-14/h4-12,19,21H,1-3H3,(H,26,30). The smallest absolute Gasteiger partial charge is 0.341 e. The number of urea groups is 1. The summed E-state index contributed by atoms with van der Waals surface area (Å²) >= 11 is 3.52. The third-order valence-corrected chi connectivity index (χ3v) is 5.94. The Morgan fingerprint density at radius 1 is 1.16 bits per heavy atom. The van der Waals surface area contributed by atoms with Crippen LogP contribution in [0.25, 0.3) is 16.9 Å². The van der Waals surface area contributed by atoms with Gasteiger partial charge in [-0.2, -0.15) is 5.10 Å². The third kappa shape index (κ3) is 4.03. The van der Waals surface area contributed by atoms with Gasteiger partial charge in [-0.1, -0.05) is 18.2 Å². The zero-order chi connectivity index (χ0) is 22.8. The number of carbonyl (C=O) groups is 2. The highest BCUT2D eigenvalue weighted by atomic mass is 79.9. The molecular weight excluding hydrogens is 476 g/mol. The third-order valence-electron chi connectivity index (χ3n) is 5.32. The number of esters is 1. The van der Waals surface area contributed by atoms with E-state index in [1.165, 1.54) is 7.11 Å². The van der Waals surface area contributed by atoms with Gasteiger partial charge in [-0.3, -0.25) is 4.79 Å². The topological polar surface area (TPSA) is 94.8 Å². The number of nitrogens with zero attached hydrogens (tertiary/aromatic N) is 3. The Morgan fingerprint density at radius 3 is 2.56 bits per heavy atom. The molecule has 9 heteroatoms. The Morgan fingerprint density at radius 2 is 1.91 bits per heavy atom. The number of methoxy groups -OCH3 is 2. The summed E-state index contributed by atoms with van der Waals surface area (Å²) in [6.07, 6.45) is 1.82. The van der Waals surface area contributed by atoms with Gasteiger partial charge in [0.2, 0.25) is 0 Å². The van der Waals surface area contributed by atoms with Crippen LogP contribution in [0.2, 0.25) is 0 Å². The first-order valence-corrected chi connectivity index (χ1v) is 10.6.